The van der Waals surface area contributed by atoms with Crippen LogP contribution in [-0.2, 0) is 9.31 Å². The summed E-state index contributed by atoms with van der Waals surface area (Å²) in [4.78, 5) is 4.18. The molecule has 4 nitrogen and oxygen atoms in total. The van der Waals surface area contributed by atoms with Gasteiger partial charge in [-0.05, 0) is 50.5 Å². The van der Waals surface area contributed by atoms with Crippen LogP contribution in [0.15, 0.2) is 16.9 Å². The predicted molar refractivity (Wildman–Crippen MR) is 78.8 cm³/mol. The van der Waals surface area contributed by atoms with Crippen LogP contribution in [0.2, 0.25) is 0 Å². The smallest absolute Gasteiger partial charge is 0.493 e. The monoisotopic (exact) mass is 327 g/mol. The molecule has 1 aromatic rings. The molecule has 0 unspecified atom stereocenters. The third kappa shape index (κ3) is 2.66. The Kier molecular flexibility index (Phi) is 3.96. The second-order valence-electron chi connectivity index (χ2n) is 5.56. The summed E-state index contributed by atoms with van der Waals surface area (Å²) in [5, 5.41) is 0. The summed E-state index contributed by atoms with van der Waals surface area (Å²) < 4.78 is 18.5. The summed E-state index contributed by atoms with van der Waals surface area (Å²) in [5.41, 5.74) is 0.0716. The Morgan fingerprint density at radius 2 is 1.79 bits per heavy atom. The topological polar surface area (TPSA) is 40.6 Å². The normalized spacial score (nSPS) is 20.6. The van der Waals surface area contributed by atoms with Crippen molar-refractivity contribution in [1.29, 1.82) is 0 Å². The summed E-state index contributed by atoms with van der Waals surface area (Å²) in [5.74, 6) is 0.732. The number of nitrogens with zero attached hydrogens (tertiary/aromatic N) is 1. The van der Waals surface area contributed by atoms with E-state index in [9.17, 15) is 0 Å². The standard InChI is InChI=1S/C13H19BBrNO3/c1-6-17-11-9(7-16-8-10(11)15)14-18-12(2,3)13(4,5)19-14/h7-8H,6H2,1-5H3. The van der Waals surface area contributed by atoms with Crippen LogP contribution in [-0.4, -0.2) is 29.9 Å². The van der Waals surface area contributed by atoms with Crippen LogP contribution < -0.4 is 10.2 Å². The van der Waals surface area contributed by atoms with Gasteiger partial charge in [-0.1, -0.05) is 0 Å². The zero-order valence-corrected chi connectivity index (χ0v) is 13.6. The fourth-order valence-corrected chi connectivity index (χ4v) is 2.33. The van der Waals surface area contributed by atoms with E-state index in [1.165, 1.54) is 0 Å². The highest BCUT2D eigenvalue weighted by atomic mass is 79.9. The zero-order chi connectivity index (χ0) is 14.3. The third-order valence-electron chi connectivity index (χ3n) is 3.68. The number of pyridine rings is 1. The molecule has 0 saturated carbocycles. The maximum absolute atomic E-state index is 6.03. The Morgan fingerprint density at radius 1 is 1.21 bits per heavy atom. The molecule has 0 N–H and O–H groups in total. The Labute approximate surface area is 123 Å². The molecule has 1 saturated heterocycles. The van der Waals surface area contributed by atoms with Gasteiger partial charge in [0.15, 0.2) is 0 Å². The fraction of sp³-hybridized carbons (Fsp3) is 0.615. The molecule has 0 bridgehead atoms. The van der Waals surface area contributed by atoms with Gasteiger partial charge in [0, 0.05) is 17.9 Å². The SMILES string of the molecule is CCOc1c(Br)cncc1B1OC(C)(C)C(C)(C)O1. The lowest BCUT2D eigenvalue weighted by atomic mass is 9.79. The molecule has 0 atom stereocenters. The van der Waals surface area contributed by atoms with Gasteiger partial charge in [-0.15, -0.1) is 0 Å². The van der Waals surface area contributed by atoms with Gasteiger partial charge in [0.1, 0.15) is 5.75 Å². The molecule has 2 heterocycles. The Hall–Kier alpha value is -0.585. The lowest BCUT2D eigenvalue weighted by Crippen LogP contribution is -2.41. The molecule has 104 valence electrons. The van der Waals surface area contributed by atoms with Crippen molar-refractivity contribution < 1.29 is 14.0 Å². The van der Waals surface area contributed by atoms with E-state index in [2.05, 4.69) is 20.9 Å². The highest BCUT2D eigenvalue weighted by Gasteiger charge is 2.52. The van der Waals surface area contributed by atoms with E-state index < -0.39 is 7.12 Å². The van der Waals surface area contributed by atoms with Gasteiger partial charge in [-0.2, -0.15) is 0 Å². The average Bonchev–Trinajstić information content (AvgIpc) is 2.51. The second kappa shape index (κ2) is 5.07. The Balaban J connectivity index is 2.37. The van der Waals surface area contributed by atoms with Crippen molar-refractivity contribution in [3.8, 4) is 5.75 Å². The van der Waals surface area contributed by atoms with Crippen LogP contribution in [0, 0.1) is 0 Å². The number of halogens is 1. The van der Waals surface area contributed by atoms with Crippen LogP contribution >= 0.6 is 15.9 Å². The molecule has 0 aliphatic carbocycles. The summed E-state index contributed by atoms with van der Waals surface area (Å²) in [6.07, 6.45) is 3.44. The number of hydrogen-bond donors (Lipinski definition) is 0. The predicted octanol–water partition coefficient (Wildman–Crippen LogP) is 2.54. The molecular formula is C13H19BBrNO3. The first-order chi connectivity index (χ1) is 8.78. The van der Waals surface area contributed by atoms with E-state index in [1.807, 2.05) is 34.6 Å². The lowest BCUT2D eigenvalue weighted by molar-refractivity contribution is 0.00578. The molecule has 0 radical (unpaired) electrons. The highest BCUT2D eigenvalue weighted by molar-refractivity contribution is 9.10. The van der Waals surface area contributed by atoms with Crippen LogP contribution in [0.3, 0.4) is 0 Å². The minimum atomic E-state index is -0.462. The summed E-state index contributed by atoms with van der Waals surface area (Å²) in [7, 11) is -0.462. The number of ether oxygens (including phenoxy) is 1. The molecule has 0 spiro atoms. The molecule has 19 heavy (non-hydrogen) atoms. The van der Waals surface area contributed by atoms with Crippen molar-refractivity contribution in [1.82, 2.24) is 4.98 Å². The van der Waals surface area contributed by atoms with Crippen molar-refractivity contribution in [3.63, 3.8) is 0 Å². The van der Waals surface area contributed by atoms with Crippen LogP contribution in [0.5, 0.6) is 5.75 Å². The third-order valence-corrected chi connectivity index (χ3v) is 4.24. The first kappa shape index (κ1) is 14.8. The van der Waals surface area contributed by atoms with Crippen LogP contribution in [0.1, 0.15) is 34.6 Å². The minimum absolute atomic E-state index is 0.372. The summed E-state index contributed by atoms with van der Waals surface area (Å²) >= 11 is 3.45. The number of aromatic nitrogens is 1. The molecule has 1 aliphatic rings. The van der Waals surface area contributed by atoms with Gasteiger partial charge in [0.2, 0.25) is 0 Å². The molecule has 1 fully saturated rings. The first-order valence-electron chi connectivity index (χ1n) is 6.40. The zero-order valence-electron chi connectivity index (χ0n) is 12.0. The highest BCUT2D eigenvalue weighted by Crippen LogP contribution is 2.37. The van der Waals surface area contributed by atoms with Gasteiger partial charge in [-0.3, -0.25) is 4.98 Å². The molecule has 1 aromatic heterocycles. The molecular weight excluding hydrogens is 309 g/mol. The Bertz CT molecular complexity index is 463. The van der Waals surface area contributed by atoms with Crippen molar-refractivity contribution in [3.05, 3.63) is 16.9 Å². The largest absolute Gasteiger partial charge is 0.500 e. The van der Waals surface area contributed by atoms with Gasteiger partial charge < -0.3 is 14.0 Å². The van der Waals surface area contributed by atoms with Gasteiger partial charge in [-0.25, -0.2) is 0 Å². The quantitative estimate of drug-likeness (QED) is 0.800. The summed E-state index contributed by atoms with van der Waals surface area (Å²) in [6.45, 7) is 10.6. The molecule has 0 aromatic carbocycles. The molecule has 6 heteroatoms. The van der Waals surface area contributed by atoms with Crippen LogP contribution in [0.4, 0.5) is 0 Å². The average molecular weight is 328 g/mol. The summed E-state index contributed by atoms with van der Waals surface area (Å²) in [6, 6.07) is 0. The van der Waals surface area contributed by atoms with E-state index in [0.717, 1.165) is 15.7 Å². The Morgan fingerprint density at radius 3 is 2.32 bits per heavy atom. The first-order valence-corrected chi connectivity index (χ1v) is 7.19. The van der Waals surface area contributed by atoms with Gasteiger partial charge in [0.05, 0.1) is 22.3 Å². The molecule has 1 aliphatic heterocycles. The number of rotatable bonds is 3. The maximum Gasteiger partial charge on any atom is 0.500 e. The number of hydrogen-bond acceptors (Lipinski definition) is 4. The van der Waals surface area contributed by atoms with E-state index in [4.69, 9.17) is 14.0 Å². The lowest BCUT2D eigenvalue weighted by Gasteiger charge is -2.32. The molecule has 0 amide bonds. The van der Waals surface area contributed by atoms with Crippen molar-refractivity contribution >= 4 is 28.5 Å². The maximum atomic E-state index is 6.03. The second-order valence-corrected chi connectivity index (χ2v) is 6.42. The molecule has 2 rings (SSSR count). The van der Waals surface area contributed by atoms with Crippen LogP contribution in [0.25, 0.3) is 0 Å². The van der Waals surface area contributed by atoms with Gasteiger partial charge >= 0.3 is 7.12 Å². The van der Waals surface area contributed by atoms with E-state index in [0.29, 0.717) is 6.61 Å². The van der Waals surface area contributed by atoms with Crippen molar-refractivity contribution in [2.75, 3.05) is 6.61 Å². The van der Waals surface area contributed by atoms with Crippen molar-refractivity contribution in [2.24, 2.45) is 0 Å². The fourth-order valence-electron chi connectivity index (χ4n) is 1.87. The minimum Gasteiger partial charge on any atom is -0.493 e. The van der Waals surface area contributed by atoms with Crippen molar-refractivity contribution in [2.45, 2.75) is 45.8 Å². The van der Waals surface area contributed by atoms with E-state index in [1.54, 1.807) is 12.4 Å². The van der Waals surface area contributed by atoms with E-state index in [-0.39, 0.29) is 11.2 Å². The van der Waals surface area contributed by atoms with Gasteiger partial charge in [0.25, 0.3) is 0 Å². The van der Waals surface area contributed by atoms with E-state index >= 15 is 0 Å².